The lowest BCUT2D eigenvalue weighted by Crippen LogP contribution is -2.32. The predicted octanol–water partition coefficient (Wildman–Crippen LogP) is 3.02. The highest BCUT2D eigenvalue weighted by Crippen LogP contribution is 2.29. The molecule has 0 unspecified atom stereocenters. The monoisotopic (exact) mass is 1180 g/mol. The Labute approximate surface area is 456 Å². The minimum absolute atomic E-state index is 0.0400. The normalized spacial score (nSPS) is 11.6. The Balaban J connectivity index is 0. The van der Waals surface area contributed by atoms with Crippen molar-refractivity contribution in [3.05, 3.63) is 29.1 Å². The summed E-state index contributed by atoms with van der Waals surface area (Å²) >= 11 is 1.35. The average molecular weight is 1180 g/mol. The minimum atomic E-state index is -2.36. The van der Waals surface area contributed by atoms with Gasteiger partial charge in [-0.3, -0.25) is 28.8 Å². The Morgan fingerprint density at radius 3 is 1.13 bits per heavy atom. The number of hydrogen-bond donors (Lipinski definition) is 2. The smallest absolute Gasteiger partial charge is 0.481 e. The Kier molecular flexibility index (Phi) is 51.4. The number of esters is 1. The van der Waals surface area contributed by atoms with E-state index in [9.17, 15) is 55.5 Å². The number of carbonyl (C=O) groups excluding carboxylic acids is 5. The SMILES string of the molecule is COCCOCCOCCOC(=O)CCC(=O)O.COCCOCCOCCOC(=O)ON1C(=O)CCC1=O.COCCOCCOCCOC(=O)Oc1c(F)c(F)c(F)c(F)c1F.COCCOCCOCCSCC(=O)O. The van der Waals surface area contributed by atoms with Crippen LogP contribution in [0.5, 0.6) is 5.75 Å². The van der Waals surface area contributed by atoms with Crippen LogP contribution < -0.4 is 4.74 Å². The molecule has 458 valence electrons. The van der Waals surface area contributed by atoms with E-state index in [0.29, 0.717) is 110 Å². The molecule has 2 amide bonds. The van der Waals surface area contributed by atoms with Crippen molar-refractivity contribution < 1.29 is 146 Å². The third-order valence-electron chi connectivity index (χ3n) is 8.27. The molecule has 2 rings (SSSR count). The van der Waals surface area contributed by atoms with E-state index in [2.05, 4.69) is 19.0 Å². The summed E-state index contributed by atoms with van der Waals surface area (Å²) in [6, 6.07) is 0. The molecule has 2 N–H and O–H groups in total. The van der Waals surface area contributed by atoms with E-state index in [1.807, 2.05) is 0 Å². The second-order valence-electron chi connectivity index (χ2n) is 14.3. The zero-order chi connectivity index (χ0) is 59.3. The maximum absolute atomic E-state index is 13.3. The number of thioether (sulfide) groups is 1. The fraction of sp³-hybridized carbons (Fsp3) is 0.717. The van der Waals surface area contributed by atoms with Crippen molar-refractivity contribution in [2.45, 2.75) is 25.7 Å². The van der Waals surface area contributed by atoms with Crippen LogP contribution in [0.3, 0.4) is 0 Å². The molecule has 0 radical (unpaired) electrons. The fourth-order valence-corrected chi connectivity index (χ4v) is 5.10. The van der Waals surface area contributed by atoms with Crippen molar-refractivity contribution in [3.8, 4) is 5.75 Å². The first-order chi connectivity index (χ1) is 38.0. The maximum atomic E-state index is 13.3. The van der Waals surface area contributed by atoms with Gasteiger partial charge in [0.05, 0.1) is 151 Å². The van der Waals surface area contributed by atoms with Gasteiger partial charge in [0.2, 0.25) is 34.8 Å². The Morgan fingerprint density at radius 2 is 0.759 bits per heavy atom. The molecule has 33 heteroatoms. The van der Waals surface area contributed by atoms with Crippen LogP contribution in [0.2, 0.25) is 0 Å². The van der Waals surface area contributed by atoms with Gasteiger partial charge in [0, 0.05) is 47.0 Å². The molecule has 0 aliphatic carbocycles. The van der Waals surface area contributed by atoms with Crippen molar-refractivity contribution in [2.75, 3.05) is 192 Å². The molecule has 0 atom stereocenters. The lowest BCUT2D eigenvalue weighted by atomic mass is 10.3. The first-order valence-corrected chi connectivity index (χ1v) is 24.9. The van der Waals surface area contributed by atoms with Gasteiger partial charge >= 0.3 is 30.2 Å². The van der Waals surface area contributed by atoms with Crippen molar-refractivity contribution in [3.63, 3.8) is 0 Å². The van der Waals surface area contributed by atoms with Gasteiger partial charge in [0.25, 0.3) is 11.8 Å². The standard InChI is InChI=1S/C14H15F5O6.C12H19NO8.C11H20O7.C9H18O5S/c1-21-2-3-22-4-5-23-6-7-24-14(20)25-13-11(18)9(16)8(15)10(17)12(13)19;1-17-4-5-18-6-7-19-8-9-20-12(16)21-13-10(14)2-3-11(13)15;1-15-4-5-16-6-7-17-8-9-18-11(14)3-2-10(12)13;1-12-2-3-13-4-5-14-6-7-15-8-9(10)11/h2-7H2,1H3;2-9H2,1H3;2-9H2,1H3,(H,12,13);2-8H2,1H3,(H,10,11). The average Bonchev–Trinajstić information content (AvgIpc) is 3.74. The molecular weight excluding hydrogens is 1110 g/mol. The number of imide groups is 1. The highest BCUT2D eigenvalue weighted by atomic mass is 32.2. The van der Waals surface area contributed by atoms with Crippen LogP contribution in [0, 0.1) is 29.1 Å². The van der Waals surface area contributed by atoms with Gasteiger partial charge in [-0.1, -0.05) is 5.06 Å². The predicted molar refractivity (Wildman–Crippen MR) is 259 cm³/mol. The summed E-state index contributed by atoms with van der Waals surface area (Å²) in [6.07, 6.45) is -3.01. The van der Waals surface area contributed by atoms with Crippen molar-refractivity contribution in [1.82, 2.24) is 5.06 Å². The van der Waals surface area contributed by atoms with E-state index < -0.39 is 76.9 Å². The first kappa shape index (κ1) is 75.9. The van der Waals surface area contributed by atoms with Crippen LogP contribution in [0.15, 0.2) is 0 Å². The van der Waals surface area contributed by atoms with Crippen molar-refractivity contribution in [2.24, 2.45) is 0 Å². The van der Waals surface area contributed by atoms with Gasteiger partial charge < -0.3 is 86.0 Å². The van der Waals surface area contributed by atoms with Crippen LogP contribution in [0.25, 0.3) is 0 Å². The van der Waals surface area contributed by atoms with Crippen molar-refractivity contribution in [1.29, 1.82) is 0 Å². The third kappa shape index (κ3) is 45.3. The van der Waals surface area contributed by atoms with Crippen LogP contribution in [-0.4, -0.2) is 249 Å². The van der Waals surface area contributed by atoms with Gasteiger partial charge in [-0.15, -0.1) is 11.8 Å². The number of hydroxylamine groups is 2. The van der Waals surface area contributed by atoms with Gasteiger partial charge in [0.15, 0.2) is 0 Å². The number of hydrogen-bond acceptors (Lipinski definition) is 25. The number of methoxy groups -OCH3 is 4. The molecule has 79 heavy (non-hydrogen) atoms. The quantitative estimate of drug-likeness (QED) is 0.0139. The molecule has 1 aromatic carbocycles. The zero-order valence-electron chi connectivity index (χ0n) is 44.4. The summed E-state index contributed by atoms with van der Waals surface area (Å²) in [5.74, 6) is -15.8. The van der Waals surface area contributed by atoms with E-state index in [-0.39, 0.29) is 84.3 Å². The highest BCUT2D eigenvalue weighted by molar-refractivity contribution is 7.99. The van der Waals surface area contributed by atoms with E-state index >= 15 is 0 Å². The molecular formula is C46H72F5NO26S. The molecule has 1 heterocycles. The molecule has 27 nitrogen and oxygen atoms in total. The van der Waals surface area contributed by atoms with Crippen LogP contribution in [0.4, 0.5) is 31.5 Å². The van der Waals surface area contributed by atoms with Crippen LogP contribution in [-0.2, 0) is 99.9 Å². The van der Waals surface area contributed by atoms with Gasteiger partial charge in [-0.05, 0) is 0 Å². The lowest BCUT2D eigenvalue weighted by molar-refractivity contribution is -0.177. The number of carboxylic acid groups (broad SMARTS) is 2. The molecule has 1 saturated heterocycles. The maximum Gasteiger partial charge on any atom is 0.534 e. The van der Waals surface area contributed by atoms with E-state index in [1.54, 1.807) is 21.3 Å². The Hall–Kier alpha value is -5.17. The first-order valence-electron chi connectivity index (χ1n) is 23.8. The Morgan fingerprint density at radius 1 is 0.430 bits per heavy atom. The van der Waals surface area contributed by atoms with Crippen LogP contribution in [0.1, 0.15) is 25.7 Å². The second-order valence-corrected chi connectivity index (χ2v) is 15.4. The molecule has 0 saturated carbocycles. The van der Waals surface area contributed by atoms with Gasteiger partial charge in [-0.25, -0.2) is 22.8 Å². The summed E-state index contributed by atoms with van der Waals surface area (Å²) in [6.45, 7) is 7.79. The number of rotatable bonds is 43. The summed E-state index contributed by atoms with van der Waals surface area (Å²) in [5, 5.41) is 17.1. The summed E-state index contributed by atoms with van der Waals surface area (Å²) in [4.78, 5) is 80.5. The number of aliphatic carboxylic acids is 2. The highest BCUT2D eigenvalue weighted by Gasteiger charge is 2.33. The molecule has 0 spiro atoms. The number of amides is 2. The molecule has 0 aromatic heterocycles. The summed E-state index contributed by atoms with van der Waals surface area (Å²) < 4.78 is 143. The number of ether oxygens (including phenoxy) is 16. The molecule has 1 aliphatic heterocycles. The van der Waals surface area contributed by atoms with E-state index in [1.165, 1.54) is 18.9 Å². The largest absolute Gasteiger partial charge is 0.534 e. The second kappa shape index (κ2) is 53.5. The molecule has 1 aliphatic rings. The van der Waals surface area contributed by atoms with E-state index in [0.717, 1.165) is 0 Å². The molecule has 0 bridgehead atoms. The number of benzene rings is 1. The van der Waals surface area contributed by atoms with Gasteiger partial charge in [0.1, 0.15) is 19.8 Å². The van der Waals surface area contributed by atoms with Crippen molar-refractivity contribution >= 4 is 53.8 Å². The summed E-state index contributed by atoms with van der Waals surface area (Å²) in [5.41, 5.74) is 0. The number of carboxylic acids is 2. The third-order valence-corrected chi connectivity index (χ3v) is 9.17. The number of carbonyl (C=O) groups is 7. The fourth-order valence-electron chi connectivity index (χ4n) is 4.54. The molecule has 1 aromatic rings. The van der Waals surface area contributed by atoms with Gasteiger partial charge in [-0.2, -0.15) is 8.78 Å². The number of halogens is 5. The summed E-state index contributed by atoms with van der Waals surface area (Å²) in [7, 11) is 6.32. The zero-order valence-corrected chi connectivity index (χ0v) is 45.3. The van der Waals surface area contributed by atoms with E-state index in [4.69, 9.17) is 71.8 Å². The number of nitrogens with zero attached hydrogens (tertiary/aromatic N) is 1. The lowest BCUT2D eigenvalue weighted by Gasteiger charge is -2.12. The minimum Gasteiger partial charge on any atom is -0.481 e. The topological polar surface area (TPSA) is 320 Å². The Bertz CT molecular complexity index is 1770. The molecule has 1 fully saturated rings. The van der Waals surface area contributed by atoms with Crippen LogP contribution >= 0.6 is 11.8 Å².